The quantitative estimate of drug-likeness (QED) is 0.547. The standard InChI is InChI=1S/C21H24N6O4/c1-15-24-18(26-7-10-30-11-8-26)12-20(25-15)31-9-6-22-19(28)13-27-14-23-17-5-3-2-4-16(17)21(27)29/h2-5,12,14H,6-11,13H2,1H3,(H,22,28). The van der Waals surface area contributed by atoms with E-state index in [1.54, 1.807) is 24.3 Å². The molecular weight excluding hydrogens is 400 g/mol. The van der Waals surface area contributed by atoms with Crippen LogP contribution in [0.4, 0.5) is 5.82 Å². The maximum absolute atomic E-state index is 12.5. The third-order valence-corrected chi connectivity index (χ3v) is 4.86. The van der Waals surface area contributed by atoms with Crippen molar-refractivity contribution in [2.24, 2.45) is 0 Å². The first-order valence-electron chi connectivity index (χ1n) is 10.1. The van der Waals surface area contributed by atoms with Gasteiger partial charge >= 0.3 is 0 Å². The number of amides is 1. The van der Waals surface area contributed by atoms with Crippen LogP contribution in [0.15, 0.2) is 41.5 Å². The van der Waals surface area contributed by atoms with Crippen molar-refractivity contribution in [2.45, 2.75) is 13.5 Å². The molecule has 1 fully saturated rings. The third kappa shape index (κ3) is 5.15. The first-order valence-corrected chi connectivity index (χ1v) is 10.1. The molecule has 0 aliphatic carbocycles. The van der Waals surface area contributed by atoms with Crippen molar-refractivity contribution in [2.75, 3.05) is 44.4 Å². The molecule has 10 nitrogen and oxygen atoms in total. The van der Waals surface area contributed by atoms with Crippen molar-refractivity contribution in [3.8, 4) is 5.88 Å². The Morgan fingerprint density at radius 1 is 1.23 bits per heavy atom. The summed E-state index contributed by atoms with van der Waals surface area (Å²) in [6.07, 6.45) is 1.39. The van der Waals surface area contributed by atoms with Gasteiger partial charge in [0.2, 0.25) is 11.8 Å². The highest BCUT2D eigenvalue weighted by Gasteiger charge is 2.14. The van der Waals surface area contributed by atoms with E-state index < -0.39 is 0 Å². The molecule has 1 saturated heterocycles. The molecule has 0 saturated carbocycles. The number of nitrogens with one attached hydrogen (secondary N) is 1. The second-order valence-corrected chi connectivity index (χ2v) is 7.10. The number of ether oxygens (including phenoxy) is 2. The molecule has 1 N–H and O–H groups in total. The monoisotopic (exact) mass is 424 g/mol. The minimum atomic E-state index is -0.296. The number of hydrogen-bond donors (Lipinski definition) is 1. The molecule has 10 heteroatoms. The number of anilines is 1. The van der Waals surface area contributed by atoms with E-state index in [-0.39, 0.29) is 31.2 Å². The zero-order chi connectivity index (χ0) is 21.6. The van der Waals surface area contributed by atoms with Gasteiger partial charge in [-0.05, 0) is 19.1 Å². The molecule has 1 aliphatic rings. The van der Waals surface area contributed by atoms with E-state index in [0.717, 1.165) is 18.9 Å². The van der Waals surface area contributed by atoms with Gasteiger partial charge in [-0.15, -0.1) is 0 Å². The number of carbonyl (C=O) groups is 1. The van der Waals surface area contributed by atoms with E-state index in [2.05, 4.69) is 25.2 Å². The van der Waals surface area contributed by atoms with Crippen molar-refractivity contribution in [1.82, 2.24) is 24.8 Å². The van der Waals surface area contributed by atoms with E-state index in [4.69, 9.17) is 9.47 Å². The number of fused-ring (bicyclic) bond motifs is 1. The van der Waals surface area contributed by atoms with Gasteiger partial charge in [-0.1, -0.05) is 12.1 Å². The minimum Gasteiger partial charge on any atom is -0.476 e. The number of rotatable bonds is 7. The first kappa shape index (κ1) is 20.7. The Bertz CT molecular complexity index is 1130. The number of nitrogens with zero attached hydrogens (tertiary/aromatic N) is 5. The highest BCUT2D eigenvalue weighted by atomic mass is 16.5. The molecule has 31 heavy (non-hydrogen) atoms. The summed E-state index contributed by atoms with van der Waals surface area (Å²) < 4.78 is 12.4. The summed E-state index contributed by atoms with van der Waals surface area (Å²) in [5.41, 5.74) is 0.359. The van der Waals surface area contributed by atoms with Gasteiger partial charge in [-0.3, -0.25) is 14.2 Å². The lowest BCUT2D eigenvalue weighted by atomic mass is 10.2. The van der Waals surface area contributed by atoms with Crippen LogP contribution in [-0.4, -0.2) is 64.9 Å². The summed E-state index contributed by atoms with van der Waals surface area (Å²) in [7, 11) is 0. The van der Waals surface area contributed by atoms with Gasteiger partial charge in [0.05, 0.1) is 37.0 Å². The normalized spacial score (nSPS) is 13.9. The molecule has 0 radical (unpaired) electrons. The van der Waals surface area contributed by atoms with Crippen LogP contribution in [0, 0.1) is 6.92 Å². The maximum atomic E-state index is 12.5. The number of aryl methyl sites for hydroxylation is 1. The molecule has 1 aliphatic heterocycles. The Balaban J connectivity index is 1.29. The number of aromatic nitrogens is 4. The van der Waals surface area contributed by atoms with Crippen LogP contribution in [-0.2, 0) is 16.1 Å². The van der Waals surface area contributed by atoms with Crippen molar-refractivity contribution in [3.63, 3.8) is 0 Å². The lowest BCUT2D eigenvalue weighted by Crippen LogP contribution is -2.37. The van der Waals surface area contributed by atoms with Gasteiger partial charge in [0.1, 0.15) is 24.8 Å². The third-order valence-electron chi connectivity index (χ3n) is 4.86. The van der Waals surface area contributed by atoms with E-state index in [1.165, 1.54) is 10.9 Å². The summed E-state index contributed by atoms with van der Waals surface area (Å²) >= 11 is 0. The number of carbonyl (C=O) groups excluding carboxylic acids is 1. The zero-order valence-electron chi connectivity index (χ0n) is 17.3. The summed E-state index contributed by atoms with van der Waals surface area (Å²) in [6.45, 7) is 5.12. The molecule has 3 aromatic rings. The van der Waals surface area contributed by atoms with Crippen LogP contribution < -0.4 is 20.5 Å². The average Bonchev–Trinajstić information content (AvgIpc) is 2.79. The average molecular weight is 424 g/mol. The smallest absolute Gasteiger partial charge is 0.261 e. The van der Waals surface area contributed by atoms with E-state index in [1.807, 2.05) is 13.0 Å². The van der Waals surface area contributed by atoms with Crippen LogP contribution >= 0.6 is 0 Å². The second kappa shape index (κ2) is 9.52. The van der Waals surface area contributed by atoms with Gasteiger partial charge in [0.25, 0.3) is 5.56 Å². The summed E-state index contributed by atoms with van der Waals surface area (Å²) in [4.78, 5) is 39.8. The molecule has 3 heterocycles. The molecule has 0 atom stereocenters. The molecular formula is C21H24N6O4. The number of hydrogen-bond acceptors (Lipinski definition) is 8. The Labute approximate surface area is 178 Å². The van der Waals surface area contributed by atoms with Crippen molar-refractivity contribution < 1.29 is 14.3 Å². The molecule has 0 bridgehead atoms. The van der Waals surface area contributed by atoms with Crippen molar-refractivity contribution in [1.29, 1.82) is 0 Å². The molecule has 0 unspecified atom stereocenters. The molecule has 1 amide bonds. The van der Waals surface area contributed by atoms with E-state index >= 15 is 0 Å². The maximum Gasteiger partial charge on any atom is 0.261 e. The fraction of sp³-hybridized carbons (Fsp3) is 0.381. The van der Waals surface area contributed by atoms with Crippen molar-refractivity contribution >= 4 is 22.6 Å². The molecule has 0 spiro atoms. The number of benzene rings is 1. The summed E-state index contributed by atoms with van der Waals surface area (Å²) in [6, 6.07) is 8.83. The summed E-state index contributed by atoms with van der Waals surface area (Å²) in [5, 5.41) is 3.23. The highest BCUT2D eigenvalue weighted by Crippen LogP contribution is 2.18. The van der Waals surface area contributed by atoms with Crippen LogP contribution in [0.5, 0.6) is 5.88 Å². The fourth-order valence-electron chi connectivity index (χ4n) is 3.33. The van der Waals surface area contributed by atoms with E-state index in [9.17, 15) is 9.59 Å². The van der Waals surface area contributed by atoms with Crippen LogP contribution in [0.1, 0.15) is 5.82 Å². The van der Waals surface area contributed by atoms with Crippen LogP contribution in [0.3, 0.4) is 0 Å². The highest BCUT2D eigenvalue weighted by molar-refractivity contribution is 5.78. The number of morpholine rings is 1. The topological polar surface area (TPSA) is 111 Å². The predicted octanol–water partition coefficient (Wildman–Crippen LogP) is 0.527. The van der Waals surface area contributed by atoms with Gasteiger partial charge in [-0.2, -0.15) is 4.98 Å². The Morgan fingerprint density at radius 3 is 2.87 bits per heavy atom. The molecule has 4 rings (SSSR count). The SMILES string of the molecule is Cc1nc(OCCNC(=O)Cn2cnc3ccccc3c2=O)cc(N2CCOCC2)n1. The first-order chi connectivity index (χ1) is 15.1. The Morgan fingerprint density at radius 2 is 2.03 bits per heavy atom. The van der Waals surface area contributed by atoms with Crippen LogP contribution in [0.2, 0.25) is 0 Å². The molecule has 2 aromatic heterocycles. The van der Waals surface area contributed by atoms with Crippen molar-refractivity contribution in [3.05, 3.63) is 52.8 Å². The van der Waals surface area contributed by atoms with Gasteiger partial charge < -0.3 is 19.7 Å². The number of para-hydroxylation sites is 1. The fourth-order valence-corrected chi connectivity index (χ4v) is 3.33. The predicted molar refractivity (Wildman–Crippen MR) is 114 cm³/mol. The lowest BCUT2D eigenvalue weighted by molar-refractivity contribution is -0.121. The lowest BCUT2D eigenvalue weighted by Gasteiger charge is -2.28. The molecule has 162 valence electrons. The molecule has 1 aromatic carbocycles. The van der Waals surface area contributed by atoms with Crippen LogP contribution in [0.25, 0.3) is 10.9 Å². The minimum absolute atomic E-state index is 0.107. The Hall–Kier alpha value is -3.53. The van der Waals surface area contributed by atoms with Gasteiger partial charge in [0, 0.05) is 19.2 Å². The zero-order valence-corrected chi connectivity index (χ0v) is 17.3. The Kier molecular flexibility index (Phi) is 6.37. The van der Waals surface area contributed by atoms with E-state index in [0.29, 0.717) is 35.8 Å². The second-order valence-electron chi connectivity index (χ2n) is 7.10. The van der Waals surface area contributed by atoms with Gasteiger partial charge in [-0.25, -0.2) is 9.97 Å². The van der Waals surface area contributed by atoms with Gasteiger partial charge in [0.15, 0.2) is 0 Å². The largest absolute Gasteiger partial charge is 0.476 e. The summed E-state index contributed by atoms with van der Waals surface area (Å²) in [5.74, 6) is 1.58.